The summed E-state index contributed by atoms with van der Waals surface area (Å²) in [5, 5.41) is 34.8. The Hall–Kier alpha value is -6.08. The number of ether oxygens (including phenoxy) is 6. The van der Waals surface area contributed by atoms with Crippen LogP contribution in [0.3, 0.4) is 0 Å². The number of hydrogen-bond acceptors (Lipinski definition) is 13. The van der Waals surface area contributed by atoms with E-state index in [9.17, 15) is 34.5 Å². The molecule has 13 nitrogen and oxygen atoms in total. The van der Waals surface area contributed by atoms with Crippen LogP contribution in [-0.2, 0) is 27.1 Å². The van der Waals surface area contributed by atoms with Crippen LogP contribution in [0.2, 0.25) is 0 Å². The van der Waals surface area contributed by atoms with Crippen molar-refractivity contribution in [1.82, 2.24) is 0 Å². The molecule has 0 bridgehead atoms. The topological polar surface area (TPSA) is 184 Å². The van der Waals surface area contributed by atoms with Gasteiger partial charge in [-0.05, 0) is 43.7 Å². The molecule has 0 aliphatic rings. The van der Waals surface area contributed by atoms with Gasteiger partial charge < -0.3 is 43.7 Å². The average molecular weight is 741 g/mol. The van der Waals surface area contributed by atoms with Crippen molar-refractivity contribution in [2.45, 2.75) is 58.3 Å². The molecule has 3 N–H and O–H groups in total. The molecule has 6 aromatic rings. The predicted octanol–water partition coefficient (Wildman–Crippen LogP) is 5.37. The Bertz CT molecular complexity index is 2530. The summed E-state index contributed by atoms with van der Waals surface area (Å²) in [6, 6.07) is 10.8. The highest BCUT2D eigenvalue weighted by Gasteiger charge is 2.34. The second kappa shape index (κ2) is 14.7. The highest BCUT2D eigenvalue weighted by Crippen LogP contribution is 2.55. The van der Waals surface area contributed by atoms with Crippen molar-refractivity contribution < 1.29 is 53.3 Å². The Labute approximate surface area is 308 Å². The number of rotatable bonds is 13. The van der Waals surface area contributed by atoms with Gasteiger partial charge in [-0.15, -0.1) is 0 Å². The van der Waals surface area contributed by atoms with Crippen LogP contribution >= 0.6 is 0 Å². The molecule has 0 spiro atoms. The minimum Gasteiger partial charge on any atom is -0.504 e. The van der Waals surface area contributed by atoms with Crippen LogP contribution < -0.4 is 29.8 Å². The monoisotopic (exact) mass is 740 g/mol. The molecule has 0 fully saturated rings. The summed E-state index contributed by atoms with van der Waals surface area (Å²) >= 11 is 0. The third kappa shape index (κ3) is 6.23. The van der Waals surface area contributed by atoms with Crippen molar-refractivity contribution in [3.05, 3.63) is 79.6 Å². The van der Waals surface area contributed by atoms with E-state index in [1.165, 1.54) is 47.5 Å². The maximum atomic E-state index is 14.0. The van der Waals surface area contributed by atoms with Crippen LogP contribution in [0.1, 0.15) is 48.7 Å². The van der Waals surface area contributed by atoms with Crippen LogP contribution in [0.25, 0.3) is 43.1 Å². The molecular formula is C41H40O13. The normalized spacial score (nSPS) is 13.3. The Kier molecular flexibility index (Phi) is 10.3. The number of carbonyl (C=O) groups excluding carboxylic acids is 2. The van der Waals surface area contributed by atoms with Gasteiger partial charge in [-0.3, -0.25) is 14.4 Å². The van der Waals surface area contributed by atoms with Crippen LogP contribution in [0.4, 0.5) is 0 Å². The summed E-state index contributed by atoms with van der Waals surface area (Å²) in [5.74, 6) is -2.25. The molecule has 6 rings (SSSR count). The Balaban J connectivity index is 1.82. The van der Waals surface area contributed by atoms with E-state index in [1.54, 1.807) is 44.2 Å². The smallest absolute Gasteiger partial charge is 0.338 e. The SMILES string of the molecule is COc1c(O)c2c(=O)cc(OC)c3c4c(OC)cc(=O)c5c(O)c(OC)c(CC(C)OC(=O)c6ccccc6)c(c(c1CC(C)OC(=O)CC(C)O)c23)c54. The third-order valence-corrected chi connectivity index (χ3v) is 9.51. The summed E-state index contributed by atoms with van der Waals surface area (Å²) in [5.41, 5.74) is -0.331. The van der Waals surface area contributed by atoms with Crippen molar-refractivity contribution in [2.24, 2.45) is 0 Å². The number of aromatic hydroxyl groups is 2. The van der Waals surface area contributed by atoms with E-state index in [0.29, 0.717) is 21.9 Å². The number of hydrogen-bond donors (Lipinski definition) is 3. The standard InChI is InChI=1S/C41H40O13/c1-18(42)13-28(45)53-19(2)14-22-29-30-23(15-20(3)54-41(48)21-11-9-8-10-12-21)40(52-7)38(47)32-25(44)17-27(50-5)34(36(30)32)33-26(49-4)16-24(43)31(35(29)33)37(46)39(22)51-6/h8-12,16-20,42,46-47H,13-15H2,1-7H3. The van der Waals surface area contributed by atoms with Crippen molar-refractivity contribution in [2.75, 3.05) is 28.4 Å². The van der Waals surface area contributed by atoms with Gasteiger partial charge in [0.05, 0.1) is 57.3 Å². The quantitative estimate of drug-likeness (QED) is 0.0781. The second-order valence-electron chi connectivity index (χ2n) is 13.2. The molecule has 6 aromatic carbocycles. The zero-order valence-electron chi connectivity index (χ0n) is 30.8. The first-order valence-electron chi connectivity index (χ1n) is 17.2. The molecule has 0 heterocycles. The minimum absolute atomic E-state index is 0.0714. The van der Waals surface area contributed by atoms with Gasteiger partial charge in [-0.2, -0.15) is 0 Å². The molecule has 0 radical (unpaired) electrons. The number of aliphatic hydroxyl groups excluding tert-OH is 1. The fraction of sp³-hybridized carbons (Fsp3) is 0.317. The summed E-state index contributed by atoms with van der Waals surface area (Å²) in [6.45, 7) is 4.73. The molecule has 3 unspecified atom stereocenters. The average Bonchev–Trinajstić information content (AvgIpc) is 3.12. The number of benzene rings is 6. The van der Waals surface area contributed by atoms with E-state index in [-0.39, 0.29) is 80.1 Å². The van der Waals surface area contributed by atoms with Crippen molar-refractivity contribution in [1.29, 1.82) is 0 Å². The highest BCUT2D eigenvalue weighted by molar-refractivity contribution is 6.38. The van der Waals surface area contributed by atoms with Crippen molar-refractivity contribution >= 4 is 55.0 Å². The molecule has 54 heavy (non-hydrogen) atoms. The summed E-state index contributed by atoms with van der Waals surface area (Å²) < 4.78 is 34.7. The van der Waals surface area contributed by atoms with E-state index in [2.05, 4.69) is 0 Å². The lowest BCUT2D eigenvalue weighted by molar-refractivity contribution is -0.150. The molecule has 282 valence electrons. The molecule has 0 aliphatic carbocycles. The number of aliphatic hydroxyl groups is 1. The van der Waals surface area contributed by atoms with Crippen LogP contribution in [0.15, 0.2) is 52.1 Å². The molecular weight excluding hydrogens is 700 g/mol. The van der Waals surface area contributed by atoms with Gasteiger partial charge in [0, 0.05) is 57.6 Å². The zero-order valence-corrected chi connectivity index (χ0v) is 30.8. The fourth-order valence-corrected chi connectivity index (χ4v) is 7.48. The van der Waals surface area contributed by atoms with Gasteiger partial charge in [0.15, 0.2) is 33.9 Å². The number of phenols is 2. The van der Waals surface area contributed by atoms with E-state index in [4.69, 9.17) is 28.4 Å². The molecule has 0 aromatic heterocycles. The number of carbonyl (C=O) groups is 2. The third-order valence-electron chi connectivity index (χ3n) is 9.51. The molecule has 0 saturated heterocycles. The molecule has 0 aliphatic heterocycles. The Morgan fingerprint density at radius 2 is 1.06 bits per heavy atom. The largest absolute Gasteiger partial charge is 0.504 e. The van der Waals surface area contributed by atoms with E-state index >= 15 is 0 Å². The van der Waals surface area contributed by atoms with E-state index in [0.717, 1.165) is 0 Å². The van der Waals surface area contributed by atoms with Gasteiger partial charge >= 0.3 is 11.9 Å². The first-order valence-corrected chi connectivity index (χ1v) is 17.2. The zero-order chi connectivity index (χ0) is 39.2. The maximum Gasteiger partial charge on any atom is 0.338 e. The Morgan fingerprint density at radius 3 is 1.46 bits per heavy atom. The lowest BCUT2D eigenvalue weighted by Crippen LogP contribution is -2.21. The first-order chi connectivity index (χ1) is 25.8. The molecule has 13 heteroatoms. The van der Waals surface area contributed by atoms with Gasteiger partial charge in [0.25, 0.3) is 0 Å². The van der Waals surface area contributed by atoms with Crippen LogP contribution in [0, 0.1) is 0 Å². The molecule has 3 atom stereocenters. The van der Waals surface area contributed by atoms with Crippen LogP contribution in [0.5, 0.6) is 34.5 Å². The summed E-state index contributed by atoms with van der Waals surface area (Å²) in [7, 11) is 5.36. The van der Waals surface area contributed by atoms with Crippen molar-refractivity contribution in [3.8, 4) is 34.5 Å². The highest BCUT2D eigenvalue weighted by atomic mass is 16.5. The van der Waals surface area contributed by atoms with E-state index in [1.807, 2.05) is 0 Å². The lowest BCUT2D eigenvalue weighted by Gasteiger charge is -2.26. The Morgan fingerprint density at radius 1 is 0.611 bits per heavy atom. The predicted molar refractivity (Wildman–Crippen MR) is 201 cm³/mol. The van der Waals surface area contributed by atoms with Gasteiger partial charge in [0.1, 0.15) is 23.7 Å². The van der Waals surface area contributed by atoms with Gasteiger partial charge in [0.2, 0.25) is 0 Å². The second-order valence-corrected chi connectivity index (χ2v) is 13.2. The first kappa shape index (κ1) is 37.7. The molecule has 0 saturated carbocycles. The van der Waals surface area contributed by atoms with Gasteiger partial charge in [-0.1, -0.05) is 18.2 Å². The number of phenolic OH excluding ortho intramolecular Hbond substituents is 2. The minimum atomic E-state index is -0.957. The number of fused-ring (bicyclic) bond motifs is 2. The summed E-state index contributed by atoms with van der Waals surface area (Å²) in [6.07, 6.45) is -3.11. The number of methoxy groups -OCH3 is 4. The maximum absolute atomic E-state index is 14.0. The van der Waals surface area contributed by atoms with Crippen LogP contribution in [-0.4, -0.2) is 74.0 Å². The van der Waals surface area contributed by atoms with E-state index < -0.39 is 52.6 Å². The lowest BCUT2D eigenvalue weighted by atomic mass is 9.81. The summed E-state index contributed by atoms with van der Waals surface area (Å²) in [4.78, 5) is 53.8. The van der Waals surface area contributed by atoms with Gasteiger partial charge in [-0.25, -0.2) is 4.79 Å². The van der Waals surface area contributed by atoms with Crippen molar-refractivity contribution in [3.63, 3.8) is 0 Å². The number of esters is 2. The molecule has 0 amide bonds. The fourth-order valence-electron chi connectivity index (χ4n) is 7.48.